The predicted molar refractivity (Wildman–Crippen MR) is 246 cm³/mol. The maximum Gasteiger partial charge on any atom is 0.204 e. The van der Waals surface area contributed by atoms with Gasteiger partial charge in [0, 0.05) is 0 Å². The summed E-state index contributed by atoms with van der Waals surface area (Å²) in [5.74, 6) is 0. The van der Waals surface area contributed by atoms with Crippen molar-refractivity contribution in [3.63, 3.8) is 0 Å². The van der Waals surface area contributed by atoms with E-state index >= 15 is 0 Å². The van der Waals surface area contributed by atoms with Gasteiger partial charge in [-0.2, -0.15) is 0 Å². The molecule has 4 nitrogen and oxygen atoms in total. The van der Waals surface area contributed by atoms with E-state index in [4.69, 9.17) is 8.83 Å². The first-order chi connectivity index (χ1) is 29.6. The maximum absolute atomic E-state index is 14.6. The highest BCUT2D eigenvalue weighted by molar-refractivity contribution is 6.08. The smallest absolute Gasteiger partial charge is 0.204 e. The van der Waals surface area contributed by atoms with E-state index in [2.05, 4.69) is 97.1 Å². The Morgan fingerprint density at radius 2 is 0.633 bits per heavy atom. The van der Waals surface area contributed by atoms with E-state index in [9.17, 15) is 9.59 Å². The molecule has 4 heteroatoms. The minimum absolute atomic E-state index is 0.208. The van der Waals surface area contributed by atoms with Crippen LogP contribution >= 0.6 is 0 Å². The minimum atomic E-state index is -0.255. The van der Waals surface area contributed by atoms with Gasteiger partial charge in [-0.3, -0.25) is 9.59 Å². The lowest BCUT2D eigenvalue weighted by atomic mass is 9.92. The lowest BCUT2D eigenvalue weighted by Gasteiger charge is -2.13. The first-order valence-electron chi connectivity index (χ1n) is 20.0. The topological polar surface area (TPSA) is 60.4 Å². The lowest BCUT2D eigenvalue weighted by Crippen LogP contribution is -2.07. The molecule has 0 saturated heterocycles. The van der Waals surface area contributed by atoms with Gasteiger partial charge in [-0.1, -0.05) is 170 Å². The van der Waals surface area contributed by atoms with Crippen molar-refractivity contribution in [2.75, 3.05) is 0 Å². The molecule has 0 fully saturated rings. The Kier molecular flexibility index (Phi) is 8.42. The summed E-state index contributed by atoms with van der Waals surface area (Å²) in [4.78, 5) is 28.9. The fourth-order valence-corrected chi connectivity index (χ4v) is 8.50. The number of rotatable bonds is 6. The van der Waals surface area contributed by atoms with Crippen LogP contribution in [-0.2, 0) is 0 Å². The third kappa shape index (κ3) is 6.02. The number of hydrogen-bond donors (Lipinski definition) is 0. The second-order valence-electron chi connectivity index (χ2n) is 15.1. The van der Waals surface area contributed by atoms with Crippen molar-refractivity contribution in [2.45, 2.75) is 0 Å². The van der Waals surface area contributed by atoms with E-state index in [1.807, 2.05) is 97.1 Å². The number of fused-ring (bicyclic) bond motifs is 5. The summed E-state index contributed by atoms with van der Waals surface area (Å²) >= 11 is 0. The van der Waals surface area contributed by atoms with Crippen LogP contribution in [0, 0.1) is 0 Å². The van der Waals surface area contributed by atoms with Crippen LogP contribution in [0.5, 0.6) is 0 Å². The monoisotopic (exact) mass is 770 g/mol. The highest BCUT2D eigenvalue weighted by atomic mass is 16.3. The van der Waals surface area contributed by atoms with E-state index in [-0.39, 0.29) is 21.8 Å². The Morgan fingerprint density at radius 3 is 1.13 bits per heavy atom. The molecule has 2 heterocycles. The number of benzene rings is 9. The minimum Gasteiger partial charge on any atom is -0.456 e. The van der Waals surface area contributed by atoms with Gasteiger partial charge in [-0.05, 0) is 103 Å². The van der Waals surface area contributed by atoms with E-state index in [1.165, 1.54) is 0 Å². The third-order valence-corrected chi connectivity index (χ3v) is 11.6. The summed E-state index contributed by atoms with van der Waals surface area (Å²) in [7, 11) is 0. The van der Waals surface area contributed by atoms with Gasteiger partial charge in [0.15, 0.2) is 5.58 Å². The Bertz CT molecular complexity index is 3550. The van der Waals surface area contributed by atoms with Gasteiger partial charge in [0.2, 0.25) is 10.9 Å². The van der Waals surface area contributed by atoms with Crippen LogP contribution in [0.3, 0.4) is 0 Å². The molecule has 0 spiro atoms. The predicted octanol–water partition coefficient (Wildman–Crippen LogP) is 14.2. The zero-order chi connectivity index (χ0) is 40.2. The maximum atomic E-state index is 14.6. The molecule has 11 rings (SSSR count). The molecule has 9 aromatic carbocycles. The molecular formula is C56H34O4. The summed E-state index contributed by atoms with van der Waals surface area (Å²) in [6.07, 6.45) is 0. The molecule has 60 heavy (non-hydrogen) atoms. The van der Waals surface area contributed by atoms with Crippen molar-refractivity contribution in [3.8, 4) is 66.8 Å². The molecule has 0 amide bonds. The molecule has 0 aliphatic carbocycles. The average Bonchev–Trinajstić information content (AvgIpc) is 3.32. The summed E-state index contributed by atoms with van der Waals surface area (Å²) in [6.45, 7) is 0. The molecule has 282 valence electrons. The average molecular weight is 771 g/mol. The first kappa shape index (κ1) is 35.1. The van der Waals surface area contributed by atoms with Gasteiger partial charge in [-0.15, -0.1) is 0 Å². The molecule has 0 saturated carbocycles. The van der Waals surface area contributed by atoms with Crippen LogP contribution in [0.2, 0.25) is 0 Å². The van der Waals surface area contributed by atoms with Gasteiger partial charge in [0.1, 0.15) is 22.1 Å². The second-order valence-corrected chi connectivity index (χ2v) is 15.1. The Morgan fingerprint density at radius 1 is 0.267 bits per heavy atom. The van der Waals surface area contributed by atoms with Crippen molar-refractivity contribution >= 4 is 43.9 Å². The van der Waals surface area contributed by atoms with Gasteiger partial charge in [0.25, 0.3) is 0 Å². The normalized spacial score (nSPS) is 11.5. The van der Waals surface area contributed by atoms with Crippen molar-refractivity contribution in [2.24, 2.45) is 0 Å². The van der Waals surface area contributed by atoms with Gasteiger partial charge >= 0.3 is 0 Å². The van der Waals surface area contributed by atoms with Crippen LogP contribution in [0.4, 0.5) is 0 Å². The lowest BCUT2D eigenvalue weighted by molar-refractivity contribution is 0.649. The highest BCUT2D eigenvalue weighted by Crippen LogP contribution is 2.37. The van der Waals surface area contributed by atoms with Crippen molar-refractivity contribution in [1.29, 1.82) is 0 Å². The fourth-order valence-electron chi connectivity index (χ4n) is 8.50. The Hall–Kier alpha value is -8.08. The zero-order valence-electron chi connectivity index (χ0n) is 32.3. The van der Waals surface area contributed by atoms with Gasteiger partial charge < -0.3 is 8.83 Å². The Labute approximate surface area is 344 Å². The molecule has 0 radical (unpaired) electrons. The Balaban J connectivity index is 0.992. The first-order valence-corrected chi connectivity index (χ1v) is 20.0. The summed E-state index contributed by atoms with van der Waals surface area (Å²) in [6, 6.07) is 68.9. The van der Waals surface area contributed by atoms with Crippen molar-refractivity contribution in [3.05, 3.63) is 227 Å². The quantitative estimate of drug-likeness (QED) is 0.125. The standard InChI is InChI=1S/C56H34O4/c57-54-47-29-32-52-53(55(58)49-34-42(27-30-50(49)59-52)46-18-10-8-16-44(46)40-25-21-38(22-26-40)36-13-5-2-6-14-36)56(47)60-51-31-28-41(33-48(51)54)45-17-9-7-15-43(45)39-23-19-37(20-24-39)35-11-3-1-4-12-35/h1-34H. The van der Waals surface area contributed by atoms with E-state index in [0.29, 0.717) is 32.9 Å². The zero-order valence-corrected chi connectivity index (χ0v) is 32.3. The van der Waals surface area contributed by atoms with Crippen LogP contribution < -0.4 is 10.9 Å². The van der Waals surface area contributed by atoms with Crippen LogP contribution in [0.15, 0.2) is 225 Å². The van der Waals surface area contributed by atoms with Crippen molar-refractivity contribution in [1.82, 2.24) is 0 Å². The van der Waals surface area contributed by atoms with Crippen LogP contribution in [-0.4, -0.2) is 0 Å². The van der Waals surface area contributed by atoms with Gasteiger partial charge in [0.05, 0.1) is 16.2 Å². The van der Waals surface area contributed by atoms with E-state index in [0.717, 1.165) is 66.8 Å². The molecular weight excluding hydrogens is 737 g/mol. The van der Waals surface area contributed by atoms with E-state index < -0.39 is 0 Å². The summed E-state index contributed by atoms with van der Waals surface area (Å²) in [5.41, 5.74) is 13.6. The summed E-state index contributed by atoms with van der Waals surface area (Å²) < 4.78 is 12.9. The van der Waals surface area contributed by atoms with E-state index in [1.54, 1.807) is 12.1 Å². The third-order valence-electron chi connectivity index (χ3n) is 11.6. The van der Waals surface area contributed by atoms with Gasteiger partial charge in [-0.25, -0.2) is 0 Å². The highest BCUT2D eigenvalue weighted by Gasteiger charge is 2.19. The second kappa shape index (κ2) is 14.4. The molecule has 11 aromatic rings. The molecule has 0 N–H and O–H groups in total. The molecule has 0 bridgehead atoms. The number of hydrogen-bond acceptors (Lipinski definition) is 4. The molecule has 0 aliphatic rings. The molecule has 0 unspecified atom stereocenters. The fraction of sp³-hybridized carbons (Fsp3) is 0. The largest absolute Gasteiger partial charge is 0.456 e. The van der Waals surface area contributed by atoms with Crippen LogP contribution in [0.1, 0.15) is 0 Å². The molecule has 0 atom stereocenters. The molecule has 2 aromatic heterocycles. The summed E-state index contributed by atoms with van der Waals surface area (Å²) in [5, 5.41) is 1.42. The SMILES string of the molecule is O=c1c2cc(-c3ccccc3-c3ccc(-c4ccccc4)cc3)ccc2oc2c1ccc1oc3ccc(-c4ccccc4-c4ccc(-c5ccccc5)cc4)cc3c(=O)c12. The van der Waals surface area contributed by atoms with Crippen molar-refractivity contribution < 1.29 is 8.83 Å². The van der Waals surface area contributed by atoms with Crippen LogP contribution in [0.25, 0.3) is 111 Å². The molecule has 0 aliphatic heterocycles.